The molecular weight excluding hydrogens is 275 g/mol. The summed E-state index contributed by atoms with van der Waals surface area (Å²) in [5.41, 5.74) is 6.93. The van der Waals surface area contributed by atoms with E-state index in [1.807, 2.05) is 0 Å². The lowest BCUT2D eigenvalue weighted by Gasteiger charge is -2.08. The minimum Gasteiger partial charge on any atom is -0.368 e. The third kappa shape index (κ3) is 2.91. The largest absolute Gasteiger partial charge is 0.368 e. The van der Waals surface area contributed by atoms with Crippen LogP contribution >= 0.6 is 0 Å². The van der Waals surface area contributed by atoms with Gasteiger partial charge in [-0.2, -0.15) is 24.7 Å². The first-order chi connectivity index (χ1) is 10.1. The highest BCUT2D eigenvalue weighted by molar-refractivity contribution is 5.55. The van der Waals surface area contributed by atoms with E-state index in [1.54, 1.807) is 13.0 Å². The fourth-order valence-corrected chi connectivity index (χ4v) is 1.79. The highest BCUT2D eigenvalue weighted by Gasteiger charge is 2.08. The van der Waals surface area contributed by atoms with Gasteiger partial charge >= 0.3 is 0 Å². The fraction of sp³-hybridized carbons (Fsp3) is 0.0833. The smallest absolute Gasteiger partial charge is 0.258 e. The Labute approximate surface area is 118 Å². The number of aromatic nitrogens is 6. The topological polar surface area (TPSA) is 107 Å². The SMILES string of the molecule is Cc1cc(F)cc(Nc2nc(N)nc(-n3cncn3)n2)c1. The molecule has 0 amide bonds. The summed E-state index contributed by atoms with van der Waals surface area (Å²) < 4.78 is 14.7. The van der Waals surface area contributed by atoms with E-state index in [2.05, 4.69) is 30.4 Å². The van der Waals surface area contributed by atoms with E-state index in [0.717, 1.165) is 5.56 Å². The van der Waals surface area contributed by atoms with Crippen LogP contribution in [0.3, 0.4) is 0 Å². The van der Waals surface area contributed by atoms with E-state index in [0.29, 0.717) is 5.69 Å². The zero-order valence-corrected chi connectivity index (χ0v) is 11.0. The van der Waals surface area contributed by atoms with E-state index < -0.39 is 0 Å². The van der Waals surface area contributed by atoms with Crippen molar-refractivity contribution in [3.8, 4) is 5.95 Å². The lowest BCUT2D eigenvalue weighted by Crippen LogP contribution is -2.09. The Morgan fingerprint density at radius 3 is 2.76 bits per heavy atom. The number of halogens is 1. The normalized spacial score (nSPS) is 10.6. The van der Waals surface area contributed by atoms with Crippen molar-refractivity contribution in [2.45, 2.75) is 6.92 Å². The van der Waals surface area contributed by atoms with Crippen LogP contribution in [0.4, 0.5) is 22.0 Å². The maximum atomic E-state index is 13.4. The Balaban J connectivity index is 1.95. The summed E-state index contributed by atoms with van der Waals surface area (Å²) >= 11 is 0. The van der Waals surface area contributed by atoms with Gasteiger partial charge in [0.25, 0.3) is 5.95 Å². The fourth-order valence-electron chi connectivity index (χ4n) is 1.79. The summed E-state index contributed by atoms with van der Waals surface area (Å²) in [4.78, 5) is 15.9. The number of aryl methyl sites for hydroxylation is 1. The van der Waals surface area contributed by atoms with Crippen molar-refractivity contribution in [2.75, 3.05) is 11.1 Å². The van der Waals surface area contributed by atoms with Crippen molar-refractivity contribution in [3.63, 3.8) is 0 Å². The molecule has 0 aliphatic heterocycles. The Hall–Kier alpha value is -3.10. The van der Waals surface area contributed by atoms with Crippen LogP contribution in [0.15, 0.2) is 30.9 Å². The highest BCUT2D eigenvalue weighted by atomic mass is 19.1. The zero-order chi connectivity index (χ0) is 14.8. The molecule has 0 saturated heterocycles. The molecular formula is C12H11FN8. The lowest BCUT2D eigenvalue weighted by molar-refractivity contribution is 0.627. The predicted octanol–water partition coefficient (Wildman–Crippen LogP) is 1.23. The predicted molar refractivity (Wildman–Crippen MR) is 73.6 cm³/mol. The molecule has 0 atom stereocenters. The number of nitrogen functional groups attached to an aromatic ring is 1. The first-order valence-corrected chi connectivity index (χ1v) is 6.01. The van der Waals surface area contributed by atoms with E-state index in [-0.39, 0.29) is 23.7 Å². The molecule has 0 fully saturated rings. The minimum atomic E-state index is -0.351. The number of anilines is 3. The second-order valence-corrected chi connectivity index (χ2v) is 4.30. The van der Waals surface area contributed by atoms with Crippen LogP contribution < -0.4 is 11.1 Å². The molecule has 0 aliphatic carbocycles. The van der Waals surface area contributed by atoms with E-state index in [4.69, 9.17) is 5.73 Å². The van der Waals surface area contributed by atoms with Crippen LogP contribution in [0.5, 0.6) is 0 Å². The van der Waals surface area contributed by atoms with E-state index in [9.17, 15) is 4.39 Å². The number of nitrogens with zero attached hydrogens (tertiary/aromatic N) is 6. The number of rotatable bonds is 3. The van der Waals surface area contributed by atoms with Gasteiger partial charge in [-0.1, -0.05) is 0 Å². The monoisotopic (exact) mass is 286 g/mol. The Bertz CT molecular complexity index is 751. The minimum absolute atomic E-state index is 0.0196. The third-order valence-electron chi connectivity index (χ3n) is 2.56. The molecule has 0 saturated carbocycles. The molecule has 1 aromatic carbocycles. The van der Waals surface area contributed by atoms with Crippen molar-refractivity contribution < 1.29 is 4.39 Å². The van der Waals surface area contributed by atoms with Gasteiger partial charge < -0.3 is 11.1 Å². The molecule has 3 rings (SSSR count). The van der Waals surface area contributed by atoms with Gasteiger partial charge in [-0.25, -0.2) is 9.37 Å². The van der Waals surface area contributed by atoms with Crippen molar-refractivity contribution in [2.24, 2.45) is 0 Å². The number of hydrogen-bond acceptors (Lipinski definition) is 7. The van der Waals surface area contributed by atoms with Crippen molar-refractivity contribution in [1.82, 2.24) is 29.7 Å². The second kappa shape index (κ2) is 5.12. The van der Waals surface area contributed by atoms with Gasteiger partial charge in [-0.3, -0.25) is 0 Å². The van der Waals surface area contributed by atoms with Gasteiger partial charge in [0.15, 0.2) is 0 Å². The summed E-state index contributed by atoms with van der Waals surface area (Å²) in [5.74, 6) is 0.0794. The number of benzene rings is 1. The van der Waals surface area contributed by atoms with Crippen LogP contribution in [0.2, 0.25) is 0 Å². The van der Waals surface area contributed by atoms with Gasteiger partial charge in [-0.15, -0.1) is 0 Å². The maximum absolute atomic E-state index is 13.4. The molecule has 8 nitrogen and oxygen atoms in total. The Morgan fingerprint density at radius 2 is 2.05 bits per heavy atom. The summed E-state index contributed by atoms with van der Waals surface area (Å²) in [5, 5.41) is 6.80. The van der Waals surface area contributed by atoms with Crippen molar-refractivity contribution >= 4 is 17.6 Å². The summed E-state index contributed by atoms with van der Waals surface area (Å²) in [6, 6.07) is 4.52. The van der Waals surface area contributed by atoms with Crippen LogP contribution in [0.25, 0.3) is 5.95 Å². The Kier molecular flexibility index (Phi) is 3.14. The van der Waals surface area contributed by atoms with Crippen LogP contribution in [0, 0.1) is 12.7 Å². The van der Waals surface area contributed by atoms with Crippen LogP contribution in [0.1, 0.15) is 5.56 Å². The number of nitrogens with one attached hydrogen (secondary N) is 1. The lowest BCUT2D eigenvalue weighted by atomic mass is 10.2. The van der Waals surface area contributed by atoms with Gasteiger partial charge in [0.1, 0.15) is 18.5 Å². The first kappa shape index (κ1) is 12.9. The standard InChI is InChI=1S/C12H11FN8/c1-7-2-8(13)4-9(3-7)17-11-18-10(14)19-12(20-11)21-6-15-5-16-21/h2-6H,1H3,(H3,14,17,18,19,20). The quantitative estimate of drug-likeness (QED) is 0.745. The van der Waals surface area contributed by atoms with Gasteiger partial charge in [0, 0.05) is 5.69 Å². The zero-order valence-electron chi connectivity index (χ0n) is 11.0. The molecule has 106 valence electrons. The van der Waals surface area contributed by atoms with Crippen LogP contribution in [-0.4, -0.2) is 29.7 Å². The van der Waals surface area contributed by atoms with E-state index >= 15 is 0 Å². The summed E-state index contributed by atoms with van der Waals surface area (Å²) in [6.45, 7) is 1.79. The van der Waals surface area contributed by atoms with Crippen molar-refractivity contribution in [1.29, 1.82) is 0 Å². The average molecular weight is 286 g/mol. The van der Waals surface area contributed by atoms with Crippen LogP contribution in [-0.2, 0) is 0 Å². The van der Waals surface area contributed by atoms with Gasteiger partial charge in [-0.05, 0) is 30.7 Å². The Morgan fingerprint density at radius 1 is 1.19 bits per heavy atom. The highest BCUT2D eigenvalue weighted by Crippen LogP contribution is 2.17. The third-order valence-corrected chi connectivity index (χ3v) is 2.56. The van der Waals surface area contributed by atoms with Crippen molar-refractivity contribution in [3.05, 3.63) is 42.2 Å². The van der Waals surface area contributed by atoms with E-state index in [1.165, 1.54) is 29.5 Å². The second-order valence-electron chi connectivity index (χ2n) is 4.30. The number of nitrogens with two attached hydrogens (primary N) is 1. The summed E-state index contributed by atoms with van der Waals surface area (Å²) in [6.07, 6.45) is 2.79. The molecule has 2 aromatic heterocycles. The molecule has 0 bridgehead atoms. The molecule has 0 aliphatic rings. The molecule has 21 heavy (non-hydrogen) atoms. The first-order valence-electron chi connectivity index (χ1n) is 6.01. The maximum Gasteiger partial charge on any atom is 0.258 e. The molecule has 2 heterocycles. The number of hydrogen-bond donors (Lipinski definition) is 2. The molecule has 0 unspecified atom stereocenters. The average Bonchev–Trinajstić information content (AvgIpc) is 2.90. The van der Waals surface area contributed by atoms with Gasteiger partial charge in [0.05, 0.1) is 0 Å². The molecule has 0 spiro atoms. The molecule has 3 aromatic rings. The molecule has 3 N–H and O–H groups in total. The summed E-state index contributed by atoms with van der Waals surface area (Å²) in [7, 11) is 0. The molecule has 0 radical (unpaired) electrons. The molecule has 9 heteroatoms. The van der Waals surface area contributed by atoms with Gasteiger partial charge in [0.2, 0.25) is 11.9 Å².